The molecule has 0 aromatic heterocycles. The second kappa shape index (κ2) is 5.25. The van der Waals surface area contributed by atoms with Gasteiger partial charge in [-0.1, -0.05) is 21.9 Å². The van der Waals surface area contributed by atoms with Gasteiger partial charge in [0, 0.05) is 26.2 Å². The molecule has 0 aromatic carbocycles. The molecule has 1 rings (SSSR count). The van der Waals surface area contributed by atoms with Crippen LogP contribution < -0.4 is 0 Å². The lowest BCUT2D eigenvalue weighted by atomic mass is 10.3. The number of carbonyl (C=O) groups excluding carboxylic acids is 1. The minimum Gasteiger partial charge on any atom is -0.339 e. The molecule has 1 saturated heterocycles. The van der Waals surface area contributed by atoms with E-state index in [0.29, 0.717) is 11.9 Å². The van der Waals surface area contributed by atoms with Gasteiger partial charge in [0.2, 0.25) is 5.91 Å². The van der Waals surface area contributed by atoms with Gasteiger partial charge in [-0.2, -0.15) is 0 Å². The van der Waals surface area contributed by atoms with Gasteiger partial charge < -0.3 is 4.90 Å². The molecule has 4 heteroatoms. The summed E-state index contributed by atoms with van der Waals surface area (Å²) < 4.78 is 0. The summed E-state index contributed by atoms with van der Waals surface area (Å²) in [6.45, 7) is 4.07. The molecule has 0 aromatic rings. The summed E-state index contributed by atoms with van der Waals surface area (Å²) in [4.78, 5) is 15.3. The van der Waals surface area contributed by atoms with Crippen molar-refractivity contribution >= 4 is 21.8 Å². The number of piperazine rings is 1. The van der Waals surface area contributed by atoms with Crippen LogP contribution in [-0.2, 0) is 4.79 Å². The Morgan fingerprint density at radius 1 is 1.38 bits per heavy atom. The first kappa shape index (κ1) is 10.6. The van der Waals surface area contributed by atoms with Crippen LogP contribution in [0.25, 0.3) is 0 Å². The van der Waals surface area contributed by atoms with Crippen molar-refractivity contribution in [3.05, 3.63) is 0 Å². The topological polar surface area (TPSA) is 23.6 Å². The third-order valence-corrected chi connectivity index (χ3v) is 2.63. The average Bonchev–Trinajstić information content (AvgIpc) is 2.18. The van der Waals surface area contributed by atoms with Crippen molar-refractivity contribution in [1.82, 2.24) is 9.80 Å². The fourth-order valence-electron chi connectivity index (χ4n) is 1.37. The van der Waals surface area contributed by atoms with Crippen LogP contribution in [0.4, 0.5) is 0 Å². The first-order valence-electron chi connectivity index (χ1n) is 4.27. The van der Waals surface area contributed by atoms with Gasteiger partial charge in [-0.15, -0.1) is 6.42 Å². The number of amides is 1. The Bertz CT molecular complexity index is 216. The molecule has 0 radical (unpaired) electrons. The maximum atomic E-state index is 11.3. The summed E-state index contributed by atoms with van der Waals surface area (Å²) in [7, 11) is 0. The Morgan fingerprint density at radius 2 is 2.00 bits per heavy atom. The van der Waals surface area contributed by atoms with E-state index in [1.807, 2.05) is 4.90 Å². The Hall–Kier alpha value is -0.530. The number of hydrogen-bond acceptors (Lipinski definition) is 2. The monoisotopic (exact) mass is 244 g/mol. The Labute approximate surface area is 87.2 Å². The van der Waals surface area contributed by atoms with Gasteiger partial charge in [-0.05, 0) is 0 Å². The second-order valence-electron chi connectivity index (χ2n) is 2.99. The van der Waals surface area contributed by atoms with Crippen LogP contribution in [0.5, 0.6) is 0 Å². The lowest BCUT2D eigenvalue weighted by Gasteiger charge is -2.33. The second-order valence-corrected chi connectivity index (χ2v) is 3.56. The molecule has 72 valence electrons. The first-order valence-corrected chi connectivity index (χ1v) is 5.39. The van der Waals surface area contributed by atoms with E-state index < -0.39 is 0 Å². The number of terminal acetylenes is 1. The summed E-state index contributed by atoms with van der Waals surface area (Å²) >= 11 is 3.16. The number of halogens is 1. The van der Waals surface area contributed by atoms with E-state index in [1.165, 1.54) is 0 Å². The molecular weight excluding hydrogens is 232 g/mol. The van der Waals surface area contributed by atoms with Crippen molar-refractivity contribution in [1.29, 1.82) is 0 Å². The summed E-state index contributed by atoms with van der Waals surface area (Å²) in [6, 6.07) is 0. The summed E-state index contributed by atoms with van der Waals surface area (Å²) in [6.07, 6.45) is 5.20. The normalized spacial score (nSPS) is 18.3. The minimum absolute atomic E-state index is 0.167. The molecule has 1 aliphatic rings. The van der Waals surface area contributed by atoms with Gasteiger partial charge in [0.05, 0.1) is 11.9 Å². The predicted molar refractivity (Wildman–Crippen MR) is 55.6 cm³/mol. The van der Waals surface area contributed by atoms with E-state index in [0.717, 1.165) is 26.2 Å². The van der Waals surface area contributed by atoms with Crippen molar-refractivity contribution in [3.63, 3.8) is 0 Å². The van der Waals surface area contributed by atoms with E-state index in [9.17, 15) is 4.79 Å². The van der Waals surface area contributed by atoms with Crippen LogP contribution in [0.15, 0.2) is 0 Å². The number of rotatable bonds is 2. The summed E-state index contributed by atoms with van der Waals surface area (Å²) in [5, 5.41) is 0.419. The van der Waals surface area contributed by atoms with E-state index in [4.69, 9.17) is 6.42 Å². The van der Waals surface area contributed by atoms with Crippen LogP contribution in [0.1, 0.15) is 0 Å². The third-order valence-electron chi connectivity index (χ3n) is 2.15. The number of nitrogens with zero attached hydrogens (tertiary/aromatic N) is 2. The molecule has 1 aliphatic heterocycles. The Morgan fingerprint density at radius 3 is 2.46 bits per heavy atom. The zero-order chi connectivity index (χ0) is 9.68. The molecule has 13 heavy (non-hydrogen) atoms. The quantitative estimate of drug-likeness (QED) is 0.511. The third kappa shape index (κ3) is 3.02. The van der Waals surface area contributed by atoms with Crippen LogP contribution in [0, 0.1) is 12.3 Å². The van der Waals surface area contributed by atoms with Crippen LogP contribution in [0.2, 0.25) is 0 Å². The van der Waals surface area contributed by atoms with Crippen LogP contribution in [0.3, 0.4) is 0 Å². The van der Waals surface area contributed by atoms with Crippen molar-refractivity contribution in [2.24, 2.45) is 0 Å². The van der Waals surface area contributed by atoms with E-state index >= 15 is 0 Å². The SMILES string of the molecule is C#CCN1CCN(C(=O)CBr)CC1. The fourth-order valence-corrected chi connectivity index (χ4v) is 1.72. The molecular formula is C9H13BrN2O. The van der Waals surface area contributed by atoms with Crippen LogP contribution >= 0.6 is 15.9 Å². The number of hydrogen-bond donors (Lipinski definition) is 0. The van der Waals surface area contributed by atoms with Gasteiger partial charge in [0.1, 0.15) is 0 Å². The molecule has 0 bridgehead atoms. The Kier molecular flexibility index (Phi) is 4.26. The molecule has 1 fully saturated rings. The van der Waals surface area contributed by atoms with Gasteiger partial charge in [0.15, 0.2) is 0 Å². The smallest absolute Gasteiger partial charge is 0.233 e. The highest BCUT2D eigenvalue weighted by Gasteiger charge is 2.18. The van der Waals surface area contributed by atoms with Crippen molar-refractivity contribution in [2.75, 3.05) is 38.1 Å². The minimum atomic E-state index is 0.167. The van der Waals surface area contributed by atoms with E-state index in [2.05, 4.69) is 26.8 Å². The van der Waals surface area contributed by atoms with Gasteiger partial charge in [-0.25, -0.2) is 0 Å². The van der Waals surface area contributed by atoms with Crippen LogP contribution in [-0.4, -0.2) is 53.8 Å². The molecule has 0 unspecified atom stereocenters. The van der Waals surface area contributed by atoms with Gasteiger partial charge in [0.25, 0.3) is 0 Å². The highest BCUT2D eigenvalue weighted by Crippen LogP contribution is 2.02. The molecule has 1 heterocycles. The van der Waals surface area contributed by atoms with Crippen molar-refractivity contribution in [2.45, 2.75) is 0 Å². The largest absolute Gasteiger partial charge is 0.339 e. The molecule has 3 nitrogen and oxygen atoms in total. The van der Waals surface area contributed by atoms with Crippen molar-refractivity contribution in [3.8, 4) is 12.3 Å². The molecule has 0 N–H and O–H groups in total. The van der Waals surface area contributed by atoms with E-state index in [1.54, 1.807) is 0 Å². The van der Waals surface area contributed by atoms with Gasteiger partial charge >= 0.3 is 0 Å². The molecule has 0 saturated carbocycles. The summed E-state index contributed by atoms with van der Waals surface area (Å²) in [5.41, 5.74) is 0. The molecule has 0 atom stereocenters. The van der Waals surface area contributed by atoms with Gasteiger partial charge in [-0.3, -0.25) is 9.69 Å². The zero-order valence-corrected chi connectivity index (χ0v) is 9.09. The first-order chi connectivity index (χ1) is 6.27. The molecule has 0 aliphatic carbocycles. The molecule has 1 amide bonds. The average molecular weight is 245 g/mol. The lowest BCUT2D eigenvalue weighted by molar-refractivity contribution is -0.129. The standard InChI is InChI=1S/C9H13BrN2O/c1-2-3-11-4-6-12(7-5-11)9(13)8-10/h1H,3-8H2. The zero-order valence-electron chi connectivity index (χ0n) is 7.50. The predicted octanol–water partition coefficient (Wildman–Crippen LogP) is 0.159. The Balaban J connectivity index is 2.31. The highest BCUT2D eigenvalue weighted by atomic mass is 79.9. The molecule has 0 spiro atoms. The maximum absolute atomic E-state index is 11.3. The highest BCUT2D eigenvalue weighted by molar-refractivity contribution is 9.09. The van der Waals surface area contributed by atoms with Crippen molar-refractivity contribution < 1.29 is 4.79 Å². The fraction of sp³-hybridized carbons (Fsp3) is 0.667. The maximum Gasteiger partial charge on any atom is 0.233 e. The summed E-state index contributed by atoms with van der Waals surface area (Å²) in [5.74, 6) is 2.78. The van der Waals surface area contributed by atoms with E-state index in [-0.39, 0.29) is 5.91 Å². The lowest BCUT2D eigenvalue weighted by Crippen LogP contribution is -2.49. The number of alkyl halides is 1. The number of carbonyl (C=O) groups is 1.